The third-order valence-electron chi connectivity index (χ3n) is 3.96. The number of nitrogens with zero attached hydrogens (tertiary/aromatic N) is 2. The lowest BCUT2D eigenvalue weighted by molar-refractivity contribution is -0.385. The van der Waals surface area contributed by atoms with E-state index in [1.54, 1.807) is 0 Å². The quantitative estimate of drug-likeness (QED) is 0.649. The average molecular weight is 367 g/mol. The summed E-state index contributed by atoms with van der Waals surface area (Å²) in [4.78, 5) is 8.73. The van der Waals surface area contributed by atoms with E-state index < -0.39 is 43.3 Å². The van der Waals surface area contributed by atoms with Crippen LogP contribution in [0.15, 0.2) is 23.1 Å². The van der Waals surface area contributed by atoms with E-state index in [2.05, 4.69) is 5.32 Å². The molecule has 0 saturated carbocycles. The summed E-state index contributed by atoms with van der Waals surface area (Å²) in [6.45, 7) is 1.13. The molecule has 1 N–H and O–H groups in total. The van der Waals surface area contributed by atoms with Gasteiger partial charge in [-0.25, -0.2) is 8.42 Å². The third-order valence-corrected chi connectivity index (χ3v) is 5.93. The topological polar surface area (TPSA) is 92.6 Å². The second-order valence-electron chi connectivity index (χ2n) is 5.44. The lowest BCUT2D eigenvalue weighted by Crippen LogP contribution is -2.44. The van der Waals surface area contributed by atoms with Gasteiger partial charge in [0.2, 0.25) is 10.0 Å². The molecule has 0 spiro atoms. The van der Waals surface area contributed by atoms with E-state index >= 15 is 0 Å². The van der Waals surface area contributed by atoms with Crippen LogP contribution in [0.4, 0.5) is 18.9 Å². The Morgan fingerprint density at radius 3 is 2.38 bits per heavy atom. The Morgan fingerprint density at radius 2 is 1.88 bits per heavy atom. The van der Waals surface area contributed by atoms with Crippen LogP contribution in [0.5, 0.6) is 0 Å². The number of hydrogen-bond donors (Lipinski definition) is 1. The Morgan fingerprint density at radius 1 is 1.29 bits per heavy atom. The van der Waals surface area contributed by atoms with Crippen molar-refractivity contribution in [2.75, 3.05) is 20.1 Å². The minimum absolute atomic E-state index is 0.253. The monoisotopic (exact) mass is 367 g/mol. The Kier molecular flexibility index (Phi) is 5.16. The molecule has 0 aromatic heterocycles. The molecular weight excluding hydrogens is 351 g/mol. The number of nitrogens with one attached hydrogen (secondary N) is 1. The van der Waals surface area contributed by atoms with Crippen molar-refractivity contribution in [2.24, 2.45) is 0 Å². The summed E-state index contributed by atoms with van der Waals surface area (Å²) in [5.74, 6) is 0. The van der Waals surface area contributed by atoms with E-state index in [9.17, 15) is 31.7 Å². The van der Waals surface area contributed by atoms with Crippen molar-refractivity contribution in [3.63, 3.8) is 0 Å². The summed E-state index contributed by atoms with van der Waals surface area (Å²) in [7, 11) is -3.20. The maximum Gasteiger partial charge on any atom is 0.417 e. The number of nitro benzene ring substituents is 1. The highest BCUT2D eigenvalue weighted by molar-refractivity contribution is 7.89. The van der Waals surface area contributed by atoms with Crippen molar-refractivity contribution in [1.82, 2.24) is 9.62 Å². The average Bonchev–Trinajstić information content (AvgIpc) is 2.53. The van der Waals surface area contributed by atoms with Crippen LogP contribution in [-0.2, 0) is 16.2 Å². The van der Waals surface area contributed by atoms with Gasteiger partial charge in [0.15, 0.2) is 0 Å². The second kappa shape index (κ2) is 6.65. The molecule has 1 aliphatic rings. The molecule has 1 fully saturated rings. The summed E-state index contributed by atoms with van der Waals surface area (Å²) in [5.41, 5.74) is -2.34. The number of rotatable bonds is 4. The molecule has 0 aliphatic carbocycles. The van der Waals surface area contributed by atoms with Gasteiger partial charge in [0.05, 0.1) is 15.4 Å². The molecule has 0 unspecified atom stereocenters. The molecule has 1 aliphatic heterocycles. The first-order valence-electron chi connectivity index (χ1n) is 7.09. The summed E-state index contributed by atoms with van der Waals surface area (Å²) < 4.78 is 65.8. The van der Waals surface area contributed by atoms with Crippen molar-refractivity contribution in [3.8, 4) is 0 Å². The number of sulfonamides is 1. The van der Waals surface area contributed by atoms with E-state index in [0.29, 0.717) is 32.0 Å². The maximum atomic E-state index is 13.2. The molecule has 0 amide bonds. The van der Waals surface area contributed by atoms with E-state index in [4.69, 9.17) is 0 Å². The zero-order chi connectivity index (χ0) is 18.1. The normalized spacial score (nSPS) is 17.2. The third kappa shape index (κ3) is 3.68. The second-order valence-corrected chi connectivity index (χ2v) is 7.40. The number of alkyl halides is 3. The van der Waals surface area contributed by atoms with Crippen molar-refractivity contribution in [1.29, 1.82) is 0 Å². The molecule has 0 atom stereocenters. The van der Waals surface area contributed by atoms with E-state index in [-0.39, 0.29) is 6.07 Å². The van der Waals surface area contributed by atoms with Gasteiger partial charge >= 0.3 is 6.18 Å². The van der Waals surface area contributed by atoms with Crippen LogP contribution in [0, 0.1) is 10.1 Å². The first-order valence-corrected chi connectivity index (χ1v) is 8.53. The number of benzene rings is 1. The fourth-order valence-electron chi connectivity index (χ4n) is 2.60. The van der Waals surface area contributed by atoms with Gasteiger partial charge in [-0.3, -0.25) is 10.1 Å². The number of hydrogen-bond acceptors (Lipinski definition) is 5. The summed E-state index contributed by atoms with van der Waals surface area (Å²) >= 11 is 0. The zero-order valence-corrected chi connectivity index (χ0v) is 13.5. The number of nitro groups is 1. The van der Waals surface area contributed by atoms with Crippen molar-refractivity contribution in [2.45, 2.75) is 30.0 Å². The van der Waals surface area contributed by atoms with Gasteiger partial charge in [0.25, 0.3) is 5.69 Å². The van der Waals surface area contributed by atoms with E-state index in [1.165, 1.54) is 7.05 Å². The Labute approximate surface area is 136 Å². The van der Waals surface area contributed by atoms with Crippen LogP contribution in [0.2, 0.25) is 0 Å². The molecule has 2 rings (SSSR count). The molecule has 7 nitrogen and oxygen atoms in total. The maximum absolute atomic E-state index is 13.2. The summed E-state index contributed by atoms with van der Waals surface area (Å²) in [5, 5.41) is 13.7. The van der Waals surface area contributed by atoms with Crippen LogP contribution in [0.25, 0.3) is 0 Å². The number of piperidine rings is 1. The fraction of sp³-hybridized carbons (Fsp3) is 0.538. The molecule has 0 radical (unpaired) electrons. The highest BCUT2D eigenvalue weighted by atomic mass is 32.2. The van der Waals surface area contributed by atoms with Crippen LogP contribution >= 0.6 is 0 Å². The highest BCUT2D eigenvalue weighted by Crippen LogP contribution is 2.37. The lowest BCUT2D eigenvalue weighted by Gasteiger charge is -2.31. The fourth-order valence-corrected chi connectivity index (χ4v) is 4.21. The molecule has 1 aromatic carbocycles. The van der Waals surface area contributed by atoms with Crippen LogP contribution in [0.3, 0.4) is 0 Å². The Bertz CT molecular complexity index is 730. The first-order chi connectivity index (χ1) is 11.0. The first kappa shape index (κ1) is 18.6. The molecule has 134 valence electrons. The van der Waals surface area contributed by atoms with Gasteiger partial charge in [-0.1, -0.05) is 0 Å². The predicted molar refractivity (Wildman–Crippen MR) is 78.9 cm³/mol. The number of halogens is 3. The molecule has 0 bridgehead atoms. The predicted octanol–water partition coefficient (Wildman–Crippen LogP) is 1.99. The molecule has 11 heteroatoms. The van der Waals surface area contributed by atoms with Crippen molar-refractivity contribution >= 4 is 15.7 Å². The largest absolute Gasteiger partial charge is 0.417 e. The molecule has 1 aromatic rings. The Balaban J connectivity index is 2.51. The van der Waals surface area contributed by atoms with E-state index in [0.717, 1.165) is 10.4 Å². The van der Waals surface area contributed by atoms with Gasteiger partial charge in [0, 0.05) is 25.2 Å². The van der Waals surface area contributed by atoms with Crippen LogP contribution < -0.4 is 5.32 Å². The van der Waals surface area contributed by atoms with Crippen molar-refractivity contribution in [3.05, 3.63) is 33.9 Å². The van der Waals surface area contributed by atoms with Gasteiger partial charge in [-0.15, -0.1) is 0 Å². The highest BCUT2D eigenvalue weighted by Gasteiger charge is 2.41. The van der Waals surface area contributed by atoms with Crippen LogP contribution in [0.1, 0.15) is 18.4 Å². The minimum Gasteiger partial charge on any atom is -0.317 e. The molecule has 1 saturated heterocycles. The minimum atomic E-state index is -5.02. The summed E-state index contributed by atoms with van der Waals surface area (Å²) in [6.07, 6.45) is -4.07. The van der Waals surface area contributed by atoms with Gasteiger partial charge < -0.3 is 5.32 Å². The van der Waals surface area contributed by atoms with E-state index in [1.807, 2.05) is 0 Å². The molecule has 1 heterocycles. The molecular formula is C13H16F3N3O4S. The summed E-state index contributed by atoms with van der Waals surface area (Å²) in [6, 6.07) is 1.24. The number of non-ortho nitro benzene ring substituents is 1. The lowest BCUT2D eigenvalue weighted by atomic mass is 10.1. The van der Waals surface area contributed by atoms with Crippen molar-refractivity contribution < 1.29 is 26.5 Å². The van der Waals surface area contributed by atoms with Gasteiger partial charge in [-0.2, -0.15) is 17.5 Å². The smallest absolute Gasteiger partial charge is 0.317 e. The van der Waals surface area contributed by atoms with Gasteiger partial charge in [0.1, 0.15) is 0 Å². The molecule has 24 heavy (non-hydrogen) atoms. The SMILES string of the molecule is CN(C1CCNCC1)S(=O)(=O)c1ccc([N+](=O)[O-])cc1C(F)(F)F. The standard InChI is InChI=1S/C13H16F3N3O4S/c1-18(9-4-6-17-7-5-9)24(22,23)12-3-2-10(19(20)21)8-11(12)13(14,15)16/h2-3,8-9,17H,4-7H2,1H3. The Hall–Kier alpha value is -1.72. The van der Waals surface area contributed by atoms with Crippen LogP contribution in [-0.4, -0.2) is 43.8 Å². The van der Waals surface area contributed by atoms with Gasteiger partial charge in [-0.05, 0) is 32.0 Å². The zero-order valence-electron chi connectivity index (χ0n) is 12.7.